The zero-order chi connectivity index (χ0) is 19.4. The SMILES string of the molecule is COc1ccccc1NC(=O)CN1CCN(Cc2ccccc2F)S1(=O)=O. The lowest BCUT2D eigenvalue weighted by Crippen LogP contribution is -2.38. The maximum absolute atomic E-state index is 13.8. The molecule has 1 heterocycles. The van der Waals surface area contributed by atoms with Gasteiger partial charge in [-0.3, -0.25) is 4.79 Å². The molecule has 27 heavy (non-hydrogen) atoms. The van der Waals surface area contributed by atoms with Crippen LogP contribution >= 0.6 is 0 Å². The van der Waals surface area contributed by atoms with E-state index < -0.39 is 21.9 Å². The zero-order valence-corrected chi connectivity index (χ0v) is 15.6. The monoisotopic (exact) mass is 393 g/mol. The van der Waals surface area contributed by atoms with Gasteiger partial charge < -0.3 is 10.1 Å². The van der Waals surface area contributed by atoms with Crippen LogP contribution in [0.4, 0.5) is 10.1 Å². The van der Waals surface area contributed by atoms with Gasteiger partial charge >= 0.3 is 0 Å². The number of carbonyl (C=O) groups is 1. The first-order chi connectivity index (χ1) is 12.9. The minimum Gasteiger partial charge on any atom is -0.495 e. The number of nitrogens with one attached hydrogen (secondary N) is 1. The van der Waals surface area contributed by atoms with Gasteiger partial charge in [0.2, 0.25) is 5.91 Å². The topological polar surface area (TPSA) is 79.0 Å². The fourth-order valence-corrected chi connectivity index (χ4v) is 4.39. The molecule has 7 nitrogen and oxygen atoms in total. The Bertz CT molecular complexity index is 936. The van der Waals surface area contributed by atoms with Crippen LogP contribution in [0.15, 0.2) is 48.5 Å². The van der Waals surface area contributed by atoms with Gasteiger partial charge in [0.1, 0.15) is 11.6 Å². The first-order valence-corrected chi connectivity index (χ1v) is 9.73. The van der Waals surface area contributed by atoms with Crippen LogP contribution in [0.1, 0.15) is 5.56 Å². The number of anilines is 1. The lowest BCUT2D eigenvalue weighted by atomic mass is 10.2. The number of hydrogen-bond donors (Lipinski definition) is 1. The highest BCUT2D eigenvalue weighted by atomic mass is 32.2. The number of methoxy groups -OCH3 is 1. The molecule has 0 atom stereocenters. The van der Waals surface area contributed by atoms with Crippen LogP contribution < -0.4 is 10.1 Å². The standard InChI is InChI=1S/C18H20FN3O4S/c1-26-17-9-5-4-8-16(17)20-18(23)13-22-11-10-21(27(22,24)25)12-14-6-2-3-7-15(14)19/h2-9H,10-13H2,1H3,(H,20,23). The van der Waals surface area contributed by atoms with Crippen molar-refractivity contribution in [2.24, 2.45) is 0 Å². The summed E-state index contributed by atoms with van der Waals surface area (Å²) in [6.45, 7) is -0.0392. The third-order valence-electron chi connectivity index (χ3n) is 4.26. The summed E-state index contributed by atoms with van der Waals surface area (Å²) >= 11 is 0. The number of nitrogens with zero attached hydrogens (tertiary/aromatic N) is 2. The maximum atomic E-state index is 13.8. The molecule has 2 aromatic carbocycles. The molecule has 1 saturated heterocycles. The Morgan fingerprint density at radius 3 is 2.52 bits per heavy atom. The molecule has 1 aliphatic rings. The van der Waals surface area contributed by atoms with Gasteiger partial charge in [0.25, 0.3) is 10.2 Å². The molecular weight excluding hydrogens is 373 g/mol. The molecule has 0 unspecified atom stereocenters. The average Bonchev–Trinajstić information content (AvgIpc) is 2.91. The summed E-state index contributed by atoms with van der Waals surface area (Å²) in [5.74, 6) is -0.452. The van der Waals surface area contributed by atoms with Gasteiger partial charge in [-0.15, -0.1) is 0 Å². The number of rotatable bonds is 6. The van der Waals surface area contributed by atoms with Gasteiger partial charge in [-0.1, -0.05) is 30.3 Å². The van der Waals surface area contributed by atoms with Gasteiger partial charge in [-0.05, 0) is 18.2 Å². The van der Waals surface area contributed by atoms with Crippen LogP contribution in [-0.4, -0.2) is 49.7 Å². The Labute approximate surface area is 157 Å². The van der Waals surface area contributed by atoms with Gasteiger partial charge in [-0.2, -0.15) is 17.0 Å². The summed E-state index contributed by atoms with van der Waals surface area (Å²) in [4.78, 5) is 12.3. The molecule has 0 spiro atoms. The molecule has 1 amide bonds. The van der Waals surface area contributed by atoms with Crippen LogP contribution in [0, 0.1) is 5.82 Å². The fourth-order valence-electron chi connectivity index (χ4n) is 2.85. The van der Waals surface area contributed by atoms with Crippen molar-refractivity contribution >= 4 is 21.8 Å². The number of halogens is 1. The Morgan fingerprint density at radius 1 is 1.11 bits per heavy atom. The predicted octanol–water partition coefficient (Wildman–Crippen LogP) is 1.84. The second kappa shape index (κ2) is 8.03. The molecule has 0 bridgehead atoms. The highest BCUT2D eigenvalue weighted by molar-refractivity contribution is 7.87. The Kier molecular flexibility index (Phi) is 5.73. The summed E-state index contributed by atoms with van der Waals surface area (Å²) in [6, 6.07) is 12.9. The molecule has 144 valence electrons. The molecular formula is C18H20FN3O4S. The van der Waals surface area contributed by atoms with Crippen LogP contribution in [0.25, 0.3) is 0 Å². The average molecular weight is 393 g/mol. The minimum absolute atomic E-state index is 0.0698. The third-order valence-corrected chi connectivity index (χ3v) is 6.19. The molecule has 0 radical (unpaired) electrons. The van der Waals surface area contributed by atoms with Crippen LogP contribution in [0.5, 0.6) is 5.75 Å². The number of para-hydroxylation sites is 2. The van der Waals surface area contributed by atoms with E-state index in [4.69, 9.17) is 4.74 Å². The zero-order valence-electron chi connectivity index (χ0n) is 14.8. The highest BCUT2D eigenvalue weighted by Crippen LogP contribution is 2.24. The van der Waals surface area contributed by atoms with Crippen molar-refractivity contribution in [1.82, 2.24) is 8.61 Å². The van der Waals surface area contributed by atoms with E-state index in [0.29, 0.717) is 17.0 Å². The fraction of sp³-hybridized carbons (Fsp3) is 0.278. The predicted molar refractivity (Wildman–Crippen MR) is 98.9 cm³/mol. The first-order valence-electron chi connectivity index (χ1n) is 8.33. The number of hydrogen-bond acceptors (Lipinski definition) is 4. The van der Waals surface area contributed by atoms with Gasteiger partial charge in [0, 0.05) is 25.2 Å². The largest absolute Gasteiger partial charge is 0.495 e. The van der Waals surface area contributed by atoms with E-state index in [1.165, 1.54) is 17.5 Å². The summed E-state index contributed by atoms with van der Waals surface area (Å²) in [5, 5.41) is 2.65. The summed E-state index contributed by atoms with van der Waals surface area (Å²) < 4.78 is 46.5. The second-order valence-corrected chi connectivity index (χ2v) is 7.94. The normalized spacial score (nSPS) is 17.0. The van der Waals surface area contributed by atoms with Gasteiger partial charge in [0.15, 0.2) is 0 Å². The van der Waals surface area contributed by atoms with Crippen LogP contribution in [-0.2, 0) is 21.5 Å². The molecule has 0 aromatic heterocycles. The van der Waals surface area contributed by atoms with Crippen molar-refractivity contribution in [3.63, 3.8) is 0 Å². The third kappa shape index (κ3) is 4.26. The maximum Gasteiger partial charge on any atom is 0.282 e. The molecule has 0 aliphatic carbocycles. The van der Waals surface area contributed by atoms with Crippen molar-refractivity contribution < 1.29 is 22.3 Å². The van der Waals surface area contributed by atoms with Crippen LogP contribution in [0.2, 0.25) is 0 Å². The Balaban J connectivity index is 1.66. The number of amides is 1. The van der Waals surface area contributed by atoms with Crippen molar-refractivity contribution in [3.8, 4) is 5.75 Å². The van der Waals surface area contributed by atoms with Gasteiger partial charge in [-0.25, -0.2) is 4.39 Å². The molecule has 1 fully saturated rings. The lowest BCUT2D eigenvalue weighted by Gasteiger charge is -2.19. The van der Waals surface area contributed by atoms with E-state index >= 15 is 0 Å². The molecule has 2 aromatic rings. The van der Waals surface area contributed by atoms with E-state index in [9.17, 15) is 17.6 Å². The smallest absolute Gasteiger partial charge is 0.282 e. The number of benzene rings is 2. The van der Waals surface area contributed by atoms with Crippen molar-refractivity contribution in [1.29, 1.82) is 0 Å². The first kappa shape index (κ1) is 19.3. The van der Waals surface area contributed by atoms with E-state index in [1.54, 1.807) is 42.5 Å². The van der Waals surface area contributed by atoms with Crippen molar-refractivity contribution in [2.75, 3.05) is 32.1 Å². The second-order valence-electron chi connectivity index (χ2n) is 6.01. The lowest BCUT2D eigenvalue weighted by molar-refractivity contribution is -0.116. The minimum atomic E-state index is -3.84. The van der Waals surface area contributed by atoms with Crippen molar-refractivity contribution in [3.05, 3.63) is 59.9 Å². The quantitative estimate of drug-likeness (QED) is 0.812. The number of ether oxygens (including phenoxy) is 1. The van der Waals surface area contributed by atoms with E-state index in [-0.39, 0.29) is 26.2 Å². The van der Waals surface area contributed by atoms with Crippen LogP contribution in [0.3, 0.4) is 0 Å². The molecule has 1 aliphatic heterocycles. The summed E-state index contributed by atoms with van der Waals surface area (Å²) in [6.07, 6.45) is 0. The van der Waals surface area contributed by atoms with Gasteiger partial charge in [0.05, 0.1) is 19.3 Å². The molecule has 1 N–H and O–H groups in total. The van der Waals surface area contributed by atoms with E-state index in [1.807, 2.05) is 0 Å². The molecule has 0 saturated carbocycles. The Morgan fingerprint density at radius 2 is 1.78 bits per heavy atom. The number of carbonyl (C=O) groups excluding carboxylic acids is 1. The highest BCUT2D eigenvalue weighted by Gasteiger charge is 2.37. The summed E-state index contributed by atoms with van der Waals surface area (Å²) in [7, 11) is -2.36. The molecule has 3 rings (SSSR count). The van der Waals surface area contributed by atoms with E-state index in [2.05, 4.69) is 5.32 Å². The Hall–Kier alpha value is -2.49. The van der Waals surface area contributed by atoms with Crippen molar-refractivity contribution in [2.45, 2.75) is 6.54 Å². The van der Waals surface area contributed by atoms with E-state index in [0.717, 1.165) is 4.31 Å². The molecule has 9 heteroatoms. The summed E-state index contributed by atoms with van der Waals surface area (Å²) in [5.41, 5.74) is 0.756.